The highest BCUT2D eigenvalue weighted by molar-refractivity contribution is 7.89. The van der Waals surface area contributed by atoms with Gasteiger partial charge in [-0.1, -0.05) is 6.07 Å². The van der Waals surface area contributed by atoms with Gasteiger partial charge in [0.15, 0.2) is 0 Å². The van der Waals surface area contributed by atoms with Crippen molar-refractivity contribution in [3.63, 3.8) is 0 Å². The number of benzene rings is 1. The fraction of sp³-hybridized carbons (Fsp3) is 0.538. The molecule has 0 spiro atoms. The molecule has 1 fully saturated rings. The summed E-state index contributed by atoms with van der Waals surface area (Å²) in [6.45, 7) is 3.20. The molecule has 21 heavy (non-hydrogen) atoms. The molecule has 5 nitrogen and oxygen atoms in total. The summed E-state index contributed by atoms with van der Waals surface area (Å²) in [6, 6.07) is 3.85. The quantitative estimate of drug-likeness (QED) is 0.852. The van der Waals surface area contributed by atoms with Crippen LogP contribution in [-0.2, 0) is 16.6 Å². The van der Waals surface area contributed by atoms with Crippen LogP contribution in [0.3, 0.4) is 0 Å². The Morgan fingerprint density at radius 1 is 1.05 bits per heavy atom. The number of halogens is 2. The average molecular weight is 319 g/mol. The SMILES string of the molecule is NS(=O)(=O)CCN1CCN(Cc2c(F)cccc2F)CC1. The Morgan fingerprint density at radius 3 is 2.10 bits per heavy atom. The van der Waals surface area contributed by atoms with Crippen molar-refractivity contribution in [2.75, 3.05) is 38.5 Å². The van der Waals surface area contributed by atoms with Crippen molar-refractivity contribution < 1.29 is 17.2 Å². The number of piperazine rings is 1. The summed E-state index contributed by atoms with van der Waals surface area (Å²) in [5, 5.41) is 4.97. The number of primary sulfonamides is 1. The Kier molecular flexibility index (Phi) is 5.26. The van der Waals surface area contributed by atoms with Crippen LogP contribution in [0.2, 0.25) is 0 Å². The van der Waals surface area contributed by atoms with E-state index in [0.717, 1.165) is 0 Å². The second kappa shape index (κ2) is 6.78. The van der Waals surface area contributed by atoms with Crippen molar-refractivity contribution in [3.8, 4) is 0 Å². The minimum absolute atomic E-state index is 0.0745. The van der Waals surface area contributed by atoms with Crippen LogP contribution >= 0.6 is 0 Å². The van der Waals surface area contributed by atoms with Crippen LogP contribution in [0.4, 0.5) is 8.78 Å². The van der Waals surface area contributed by atoms with Crippen LogP contribution in [0.1, 0.15) is 5.56 Å². The van der Waals surface area contributed by atoms with Crippen molar-refractivity contribution in [3.05, 3.63) is 35.4 Å². The van der Waals surface area contributed by atoms with E-state index in [2.05, 4.69) is 0 Å². The smallest absolute Gasteiger partial charge is 0.210 e. The van der Waals surface area contributed by atoms with Gasteiger partial charge in [0.25, 0.3) is 0 Å². The van der Waals surface area contributed by atoms with Crippen molar-refractivity contribution in [1.29, 1.82) is 0 Å². The molecule has 0 amide bonds. The van der Waals surface area contributed by atoms with E-state index >= 15 is 0 Å². The van der Waals surface area contributed by atoms with Gasteiger partial charge in [-0.25, -0.2) is 22.3 Å². The first-order valence-corrected chi connectivity index (χ1v) is 8.45. The maximum Gasteiger partial charge on any atom is 0.210 e. The summed E-state index contributed by atoms with van der Waals surface area (Å²) in [4.78, 5) is 3.94. The molecule has 1 aliphatic heterocycles. The van der Waals surface area contributed by atoms with Crippen LogP contribution in [0.25, 0.3) is 0 Å². The van der Waals surface area contributed by atoms with E-state index < -0.39 is 21.7 Å². The average Bonchev–Trinajstić information content (AvgIpc) is 2.41. The molecule has 1 aliphatic rings. The molecular formula is C13H19F2N3O2S. The van der Waals surface area contributed by atoms with Crippen LogP contribution < -0.4 is 5.14 Å². The topological polar surface area (TPSA) is 66.6 Å². The van der Waals surface area contributed by atoms with Crippen molar-refractivity contribution in [2.24, 2.45) is 5.14 Å². The van der Waals surface area contributed by atoms with Gasteiger partial charge in [0.05, 0.1) is 5.75 Å². The predicted molar refractivity (Wildman–Crippen MR) is 76.0 cm³/mol. The van der Waals surface area contributed by atoms with Gasteiger partial charge in [-0.05, 0) is 12.1 Å². The Morgan fingerprint density at radius 2 is 1.57 bits per heavy atom. The molecule has 8 heteroatoms. The van der Waals surface area contributed by atoms with E-state index in [9.17, 15) is 17.2 Å². The second-order valence-electron chi connectivity index (χ2n) is 5.18. The maximum absolute atomic E-state index is 13.6. The van der Waals surface area contributed by atoms with Gasteiger partial charge in [0.1, 0.15) is 11.6 Å². The summed E-state index contributed by atoms with van der Waals surface area (Å²) in [6.07, 6.45) is 0. The van der Waals surface area contributed by atoms with Gasteiger partial charge in [-0.15, -0.1) is 0 Å². The Labute approximate surface area is 123 Å². The molecule has 2 N–H and O–H groups in total. The van der Waals surface area contributed by atoms with Gasteiger partial charge in [0, 0.05) is 44.8 Å². The van der Waals surface area contributed by atoms with Crippen molar-refractivity contribution in [1.82, 2.24) is 9.80 Å². The molecule has 0 bridgehead atoms. The zero-order valence-electron chi connectivity index (χ0n) is 11.6. The minimum atomic E-state index is -3.45. The van der Waals surface area contributed by atoms with Crippen LogP contribution in [0.15, 0.2) is 18.2 Å². The van der Waals surface area contributed by atoms with Crippen molar-refractivity contribution in [2.45, 2.75) is 6.54 Å². The fourth-order valence-corrected chi connectivity index (χ4v) is 2.85. The molecule has 0 atom stereocenters. The molecule has 0 saturated carbocycles. The first kappa shape index (κ1) is 16.3. The molecule has 0 aromatic heterocycles. The van der Waals surface area contributed by atoms with E-state index in [1.165, 1.54) is 18.2 Å². The number of nitrogens with two attached hydrogens (primary N) is 1. The molecule has 118 valence electrons. The normalized spacial score (nSPS) is 18.0. The number of hydrogen-bond donors (Lipinski definition) is 1. The maximum atomic E-state index is 13.6. The summed E-state index contributed by atoms with van der Waals surface area (Å²) in [7, 11) is -3.45. The first-order chi connectivity index (χ1) is 9.85. The lowest BCUT2D eigenvalue weighted by atomic mass is 10.1. The first-order valence-electron chi connectivity index (χ1n) is 6.73. The molecule has 1 aromatic carbocycles. The lowest BCUT2D eigenvalue weighted by molar-refractivity contribution is 0.130. The molecule has 2 rings (SSSR count). The monoisotopic (exact) mass is 319 g/mol. The van der Waals surface area contributed by atoms with Crippen LogP contribution in [-0.4, -0.2) is 56.7 Å². The van der Waals surface area contributed by atoms with Gasteiger partial charge < -0.3 is 0 Å². The lowest BCUT2D eigenvalue weighted by Gasteiger charge is -2.34. The highest BCUT2D eigenvalue weighted by atomic mass is 32.2. The third-order valence-electron chi connectivity index (χ3n) is 3.60. The summed E-state index contributed by atoms with van der Waals surface area (Å²) < 4.78 is 49.0. The third kappa shape index (κ3) is 4.99. The van der Waals surface area contributed by atoms with Gasteiger partial charge in [0.2, 0.25) is 10.0 Å². The van der Waals surface area contributed by atoms with Gasteiger partial charge >= 0.3 is 0 Å². The van der Waals surface area contributed by atoms with E-state index in [1.54, 1.807) is 0 Å². The Balaban J connectivity index is 1.84. The van der Waals surface area contributed by atoms with E-state index in [1.807, 2.05) is 9.80 Å². The van der Waals surface area contributed by atoms with E-state index in [4.69, 9.17) is 5.14 Å². The standard InChI is InChI=1S/C13H19F2N3O2S/c14-12-2-1-3-13(15)11(12)10-18-6-4-17(5-7-18)8-9-21(16,19)20/h1-3H,4-10H2,(H2,16,19,20). The molecular weight excluding hydrogens is 300 g/mol. The molecule has 0 aliphatic carbocycles. The number of nitrogens with zero attached hydrogens (tertiary/aromatic N) is 2. The van der Waals surface area contributed by atoms with E-state index in [0.29, 0.717) is 32.7 Å². The molecule has 0 unspecified atom stereocenters. The summed E-state index contributed by atoms with van der Waals surface area (Å²) in [5.41, 5.74) is 0.0792. The highest BCUT2D eigenvalue weighted by Gasteiger charge is 2.20. The van der Waals surface area contributed by atoms with Crippen LogP contribution in [0.5, 0.6) is 0 Å². The molecule has 1 saturated heterocycles. The van der Waals surface area contributed by atoms with Gasteiger partial charge in [-0.3, -0.25) is 9.80 Å². The zero-order valence-corrected chi connectivity index (χ0v) is 12.5. The zero-order chi connectivity index (χ0) is 15.5. The predicted octanol–water partition coefficient (Wildman–Crippen LogP) is 0.371. The number of rotatable bonds is 5. The fourth-order valence-electron chi connectivity index (χ4n) is 2.33. The summed E-state index contributed by atoms with van der Waals surface area (Å²) >= 11 is 0. The van der Waals surface area contributed by atoms with Gasteiger partial charge in [-0.2, -0.15) is 0 Å². The largest absolute Gasteiger partial charge is 0.300 e. The number of sulfonamides is 1. The highest BCUT2D eigenvalue weighted by Crippen LogP contribution is 2.15. The second-order valence-corrected chi connectivity index (χ2v) is 6.92. The lowest BCUT2D eigenvalue weighted by Crippen LogP contribution is -2.47. The Bertz CT molecular complexity index is 567. The Hall–Kier alpha value is -1.09. The molecule has 1 heterocycles. The van der Waals surface area contributed by atoms with E-state index in [-0.39, 0.29) is 17.9 Å². The molecule has 0 radical (unpaired) electrons. The minimum Gasteiger partial charge on any atom is -0.300 e. The molecule has 1 aromatic rings. The number of hydrogen-bond acceptors (Lipinski definition) is 4. The summed E-state index contributed by atoms with van der Waals surface area (Å²) in [5.74, 6) is -1.15. The van der Waals surface area contributed by atoms with Crippen LogP contribution in [0, 0.1) is 11.6 Å². The van der Waals surface area contributed by atoms with Crippen molar-refractivity contribution >= 4 is 10.0 Å². The third-order valence-corrected chi connectivity index (χ3v) is 4.35.